The van der Waals surface area contributed by atoms with Gasteiger partial charge >= 0.3 is 6.18 Å². The molecule has 9 heteroatoms. The van der Waals surface area contributed by atoms with Crippen molar-refractivity contribution in [1.82, 2.24) is 19.5 Å². The number of nitrogens with zero attached hydrogens (tertiary/aromatic N) is 4. The summed E-state index contributed by atoms with van der Waals surface area (Å²) in [5, 5.41) is 4.20. The molecule has 0 aliphatic heterocycles. The monoisotopic (exact) mass is 501 g/mol. The highest BCUT2D eigenvalue weighted by Crippen LogP contribution is 2.31. The van der Waals surface area contributed by atoms with E-state index in [-0.39, 0.29) is 12.0 Å². The van der Waals surface area contributed by atoms with Crippen LogP contribution >= 0.6 is 0 Å². The molecule has 2 aromatic carbocycles. The van der Waals surface area contributed by atoms with Crippen LogP contribution in [0.25, 0.3) is 22.4 Å². The first-order chi connectivity index (χ1) is 17.7. The highest BCUT2D eigenvalue weighted by Gasteiger charge is 2.30. The summed E-state index contributed by atoms with van der Waals surface area (Å²) in [7, 11) is 1.90. The van der Waals surface area contributed by atoms with Gasteiger partial charge < -0.3 is 9.88 Å². The van der Waals surface area contributed by atoms with E-state index >= 15 is 0 Å². The summed E-state index contributed by atoms with van der Waals surface area (Å²) in [6.45, 7) is 1.92. The SMILES string of the molecule is Cc1ccc(CC(=O)c2cccc(C(F)(F)F)c2)cc1Nc1nc(-c2cccnc2)nc2c1ccn2C. The number of carbonyl (C=O) groups is 1. The van der Waals surface area contributed by atoms with E-state index in [4.69, 9.17) is 9.97 Å². The molecule has 6 nitrogen and oxygen atoms in total. The quantitative estimate of drug-likeness (QED) is 0.268. The number of halogens is 3. The van der Waals surface area contributed by atoms with Crippen LogP contribution in [0.15, 0.2) is 79.3 Å². The molecule has 0 fully saturated rings. The van der Waals surface area contributed by atoms with Crippen LogP contribution in [0.5, 0.6) is 0 Å². The van der Waals surface area contributed by atoms with Crippen LogP contribution in [0, 0.1) is 6.92 Å². The lowest BCUT2D eigenvalue weighted by Gasteiger charge is -2.13. The van der Waals surface area contributed by atoms with Crippen LogP contribution in [0.2, 0.25) is 0 Å². The number of pyridine rings is 1. The number of benzene rings is 2. The highest BCUT2D eigenvalue weighted by atomic mass is 19.4. The molecule has 1 N–H and O–H groups in total. The molecule has 3 heterocycles. The van der Waals surface area contributed by atoms with Gasteiger partial charge in [0.2, 0.25) is 0 Å². The summed E-state index contributed by atoms with van der Waals surface area (Å²) in [5.74, 6) is 0.708. The van der Waals surface area contributed by atoms with Crippen molar-refractivity contribution >= 4 is 28.3 Å². The second-order valence-corrected chi connectivity index (χ2v) is 8.75. The molecule has 0 bridgehead atoms. The van der Waals surface area contributed by atoms with Gasteiger partial charge in [0.05, 0.1) is 10.9 Å². The predicted octanol–water partition coefficient (Wildman–Crippen LogP) is 6.53. The molecule has 0 unspecified atom stereocenters. The Balaban J connectivity index is 1.46. The van der Waals surface area contributed by atoms with E-state index in [2.05, 4.69) is 10.3 Å². The largest absolute Gasteiger partial charge is 0.416 e. The van der Waals surface area contributed by atoms with E-state index in [1.54, 1.807) is 18.5 Å². The molecular formula is C28H22F3N5O. The third-order valence-corrected chi connectivity index (χ3v) is 6.08. The number of Topliss-reactive ketones (excluding diaryl/α,β-unsaturated/α-hetero) is 1. The van der Waals surface area contributed by atoms with Crippen LogP contribution in [0.4, 0.5) is 24.7 Å². The molecule has 0 spiro atoms. The first-order valence-corrected chi connectivity index (χ1v) is 11.5. The Morgan fingerprint density at radius 2 is 1.86 bits per heavy atom. The van der Waals surface area contributed by atoms with Crippen molar-refractivity contribution in [3.63, 3.8) is 0 Å². The summed E-state index contributed by atoms with van der Waals surface area (Å²) >= 11 is 0. The van der Waals surface area contributed by atoms with Crippen molar-refractivity contribution in [2.75, 3.05) is 5.32 Å². The molecule has 37 heavy (non-hydrogen) atoms. The fourth-order valence-corrected chi connectivity index (χ4v) is 4.05. The third-order valence-electron chi connectivity index (χ3n) is 6.08. The van der Waals surface area contributed by atoms with Crippen LogP contribution in [0.3, 0.4) is 0 Å². The number of hydrogen-bond acceptors (Lipinski definition) is 5. The summed E-state index contributed by atoms with van der Waals surface area (Å²) in [6, 6.07) is 15.6. The third kappa shape index (κ3) is 5.06. The van der Waals surface area contributed by atoms with Gasteiger partial charge in [-0.3, -0.25) is 9.78 Å². The van der Waals surface area contributed by atoms with Gasteiger partial charge in [-0.1, -0.05) is 24.3 Å². The van der Waals surface area contributed by atoms with Crippen molar-refractivity contribution in [3.05, 3.63) is 102 Å². The Morgan fingerprint density at radius 3 is 2.62 bits per heavy atom. The first kappa shape index (κ1) is 24.2. The van der Waals surface area contributed by atoms with E-state index in [0.29, 0.717) is 17.2 Å². The second kappa shape index (κ2) is 9.50. The van der Waals surface area contributed by atoms with Crippen molar-refractivity contribution in [1.29, 1.82) is 0 Å². The zero-order valence-electron chi connectivity index (χ0n) is 20.0. The van der Waals surface area contributed by atoms with E-state index in [9.17, 15) is 18.0 Å². The fourth-order valence-electron chi connectivity index (χ4n) is 4.05. The number of alkyl halides is 3. The summed E-state index contributed by atoms with van der Waals surface area (Å²) in [4.78, 5) is 26.4. The highest BCUT2D eigenvalue weighted by molar-refractivity contribution is 5.98. The Bertz CT molecular complexity index is 1610. The minimum absolute atomic E-state index is 0.0211. The lowest BCUT2D eigenvalue weighted by atomic mass is 9.99. The van der Waals surface area contributed by atoms with Gasteiger partial charge in [0.25, 0.3) is 0 Å². The van der Waals surface area contributed by atoms with Gasteiger partial charge in [0.15, 0.2) is 11.6 Å². The van der Waals surface area contributed by atoms with Gasteiger partial charge in [-0.05, 0) is 54.4 Å². The molecule has 5 rings (SSSR count). The summed E-state index contributed by atoms with van der Waals surface area (Å²) in [5.41, 5.74) is 3.01. The molecule has 0 aliphatic carbocycles. The molecule has 0 saturated carbocycles. The van der Waals surface area contributed by atoms with Crippen LogP contribution in [0.1, 0.15) is 27.0 Å². The number of anilines is 2. The number of rotatable bonds is 6. The average Bonchev–Trinajstić information content (AvgIpc) is 3.27. The molecule has 5 aromatic rings. The number of nitrogens with one attached hydrogen (secondary N) is 1. The normalized spacial score (nSPS) is 11.6. The maximum atomic E-state index is 13.1. The van der Waals surface area contributed by atoms with Crippen LogP contribution in [-0.4, -0.2) is 25.3 Å². The fraction of sp³-hybridized carbons (Fsp3) is 0.143. The summed E-state index contributed by atoms with van der Waals surface area (Å²) in [6.07, 6.45) is 0.723. The van der Waals surface area contributed by atoms with Crippen molar-refractivity contribution in [3.8, 4) is 11.4 Å². The Hall–Kier alpha value is -4.53. The van der Waals surface area contributed by atoms with E-state index in [1.165, 1.54) is 12.1 Å². The minimum atomic E-state index is -4.51. The first-order valence-electron chi connectivity index (χ1n) is 11.5. The average molecular weight is 502 g/mol. The zero-order chi connectivity index (χ0) is 26.2. The van der Waals surface area contributed by atoms with Crippen molar-refractivity contribution in [2.24, 2.45) is 7.05 Å². The second-order valence-electron chi connectivity index (χ2n) is 8.75. The Labute approximate surface area is 210 Å². The minimum Gasteiger partial charge on any atom is -0.339 e. The van der Waals surface area contributed by atoms with Gasteiger partial charge in [0.1, 0.15) is 11.5 Å². The van der Waals surface area contributed by atoms with Crippen LogP contribution in [-0.2, 0) is 19.6 Å². The molecule has 0 atom stereocenters. The lowest BCUT2D eigenvalue weighted by Crippen LogP contribution is -2.09. The lowest BCUT2D eigenvalue weighted by molar-refractivity contribution is -0.137. The van der Waals surface area contributed by atoms with E-state index < -0.39 is 17.5 Å². The summed E-state index contributed by atoms with van der Waals surface area (Å²) < 4.78 is 41.1. The molecule has 0 aliphatic rings. The van der Waals surface area contributed by atoms with Gasteiger partial charge in [0, 0.05) is 48.9 Å². The van der Waals surface area contributed by atoms with E-state index in [1.807, 2.05) is 55.1 Å². The van der Waals surface area contributed by atoms with Gasteiger partial charge in [-0.25, -0.2) is 9.97 Å². The molecule has 186 valence electrons. The number of hydrogen-bond donors (Lipinski definition) is 1. The van der Waals surface area contributed by atoms with Crippen molar-refractivity contribution < 1.29 is 18.0 Å². The van der Waals surface area contributed by atoms with E-state index in [0.717, 1.165) is 40.0 Å². The standard InChI is InChI=1S/C28H22F3N5O/c1-17-8-9-18(14-24(37)19-5-3-7-21(15-19)28(29,30)31)13-23(17)33-26-22-10-12-36(2)27(22)35-25(34-26)20-6-4-11-32-16-20/h3-13,15-16H,14H2,1-2H3,(H,33,34,35). The number of fused-ring (bicyclic) bond motifs is 1. The number of aromatic nitrogens is 4. The topological polar surface area (TPSA) is 72.7 Å². The predicted molar refractivity (Wildman–Crippen MR) is 136 cm³/mol. The van der Waals surface area contributed by atoms with Gasteiger partial charge in [-0.2, -0.15) is 13.2 Å². The number of ketones is 1. The maximum Gasteiger partial charge on any atom is 0.416 e. The molecule has 0 amide bonds. The molecule has 0 saturated heterocycles. The Kier molecular flexibility index (Phi) is 6.20. The molecule has 3 aromatic heterocycles. The Morgan fingerprint density at radius 1 is 1.03 bits per heavy atom. The van der Waals surface area contributed by atoms with Crippen LogP contribution < -0.4 is 5.32 Å². The maximum absolute atomic E-state index is 13.1. The molecular weight excluding hydrogens is 479 g/mol. The van der Waals surface area contributed by atoms with Gasteiger partial charge in [-0.15, -0.1) is 0 Å². The molecule has 0 radical (unpaired) electrons. The number of aryl methyl sites for hydroxylation is 2. The smallest absolute Gasteiger partial charge is 0.339 e. The number of carbonyl (C=O) groups excluding carboxylic acids is 1. The van der Waals surface area contributed by atoms with Crippen molar-refractivity contribution in [2.45, 2.75) is 19.5 Å². The zero-order valence-corrected chi connectivity index (χ0v) is 20.0.